The van der Waals surface area contributed by atoms with Crippen molar-refractivity contribution in [2.45, 2.75) is 32.7 Å². The van der Waals surface area contributed by atoms with Crippen molar-refractivity contribution in [1.82, 2.24) is 20.1 Å². The summed E-state index contributed by atoms with van der Waals surface area (Å²) in [5.41, 5.74) is -0.105. The average Bonchev–Trinajstić information content (AvgIpc) is 2.77. The Kier molecular flexibility index (Phi) is 3.60. The lowest BCUT2D eigenvalue weighted by Gasteiger charge is -2.17. The summed E-state index contributed by atoms with van der Waals surface area (Å²) in [5.74, 6) is 2.08. The fourth-order valence-corrected chi connectivity index (χ4v) is 1.67. The quantitative estimate of drug-likeness (QED) is 0.878. The predicted octanol–water partition coefficient (Wildman–Crippen LogP) is 2.53. The first-order valence-corrected chi connectivity index (χ1v) is 6.28. The molecule has 0 aliphatic rings. The Bertz CT molecular complexity index is 521. The smallest absolute Gasteiger partial charge is 0.213 e. The molecule has 7 heteroatoms. The summed E-state index contributed by atoms with van der Waals surface area (Å²) in [6.45, 7) is 6.66. The maximum absolute atomic E-state index is 4.66. The van der Waals surface area contributed by atoms with E-state index in [0.29, 0.717) is 12.4 Å². The molecule has 2 aromatic rings. The number of nitrogens with one attached hydrogen (secondary N) is 1. The highest BCUT2D eigenvalue weighted by Gasteiger charge is 2.18. The highest BCUT2D eigenvalue weighted by atomic mass is 79.9. The van der Waals surface area contributed by atoms with Gasteiger partial charge in [0.15, 0.2) is 5.82 Å². The third kappa shape index (κ3) is 3.25. The lowest BCUT2D eigenvalue weighted by molar-refractivity contribution is 0.411. The third-order valence-corrected chi connectivity index (χ3v) is 2.61. The lowest BCUT2D eigenvalue weighted by Crippen LogP contribution is -2.17. The second-order valence-electron chi connectivity index (χ2n) is 4.85. The Morgan fingerprint density at radius 1 is 1.33 bits per heavy atom. The van der Waals surface area contributed by atoms with Crippen molar-refractivity contribution in [2.24, 2.45) is 0 Å². The van der Waals surface area contributed by atoms with Gasteiger partial charge in [-0.05, 0) is 15.9 Å². The maximum atomic E-state index is 4.66. The second kappa shape index (κ2) is 5.01. The maximum Gasteiger partial charge on any atom is 0.213 e. The molecule has 0 aliphatic carbocycles. The van der Waals surface area contributed by atoms with Crippen molar-refractivity contribution in [3.63, 3.8) is 0 Å². The van der Waals surface area contributed by atoms with Crippen LogP contribution >= 0.6 is 15.9 Å². The highest BCUT2D eigenvalue weighted by Crippen LogP contribution is 2.22. The predicted molar refractivity (Wildman–Crippen MR) is 70.1 cm³/mol. The molecule has 18 heavy (non-hydrogen) atoms. The normalized spacial score (nSPS) is 11.6. The Labute approximate surface area is 113 Å². The number of halogens is 1. The van der Waals surface area contributed by atoms with Crippen molar-refractivity contribution in [1.29, 1.82) is 0 Å². The van der Waals surface area contributed by atoms with Crippen LogP contribution in [0.4, 0.5) is 5.82 Å². The van der Waals surface area contributed by atoms with Crippen molar-refractivity contribution in [2.75, 3.05) is 5.32 Å². The van der Waals surface area contributed by atoms with E-state index in [1.807, 2.05) is 6.07 Å². The van der Waals surface area contributed by atoms with Crippen LogP contribution in [0.15, 0.2) is 21.6 Å². The van der Waals surface area contributed by atoms with E-state index in [-0.39, 0.29) is 5.41 Å². The van der Waals surface area contributed by atoms with Gasteiger partial charge in [0.25, 0.3) is 0 Å². The van der Waals surface area contributed by atoms with Gasteiger partial charge in [0, 0.05) is 11.5 Å². The van der Waals surface area contributed by atoms with Crippen LogP contribution < -0.4 is 5.32 Å². The molecule has 0 unspecified atom stereocenters. The van der Waals surface area contributed by atoms with Crippen molar-refractivity contribution in [3.05, 3.63) is 28.7 Å². The number of nitrogens with zero attached hydrogens (tertiary/aromatic N) is 4. The van der Waals surface area contributed by atoms with Gasteiger partial charge in [-0.1, -0.05) is 25.9 Å². The molecule has 0 fully saturated rings. The molecule has 2 rings (SSSR count). The van der Waals surface area contributed by atoms with E-state index >= 15 is 0 Å². The molecular weight excluding hydrogens is 298 g/mol. The van der Waals surface area contributed by atoms with Crippen molar-refractivity contribution < 1.29 is 4.52 Å². The first-order valence-electron chi connectivity index (χ1n) is 5.49. The zero-order valence-corrected chi connectivity index (χ0v) is 12.0. The molecule has 1 N–H and O–H groups in total. The topological polar surface area (TPSA) is 76.7 Å². The standard InChI is InChI=1S/C11H14BrN5O/c1-11(2,3)10-15-7(12)4-8(16-10)13-5-9-14-6-18-17-9/h4,6H,5H2,1-3H3,(H,13,15,16). The first kappa shape index (κ1) is 12.9. The summed E-state index contributed by atoms with van der Waals surface area (Å²) in [6, 6.07) is 1.81. The molecule has 0 spiro atoms. The van der Waals surface area contributed by atoms with Gasteiger partial charge >= 0.3 is 0 Å². The second-order valence-corrected chi connectivity index (χ2v) is 5.66. The zero-order valence-electron chi connectivity index (χ0n) is 10.4. The summed E-state index contributed by atoms with van der Waals surface area (Å²) in [5, 5.41) is 6.86. The fourth-order valence-electron chi connectivity index (χ4n) is 1.28. The van der Waals surface area contributed by atoms with E-state index in [9.17, 15) is 0 Å². The largest absolute Gasteiger partial charge is 0.362 e. The van der Waals surface area contributed by atoms with Crippen LogP contribution in [0, 0.1) is 0 Å². The molecule has 0 saturated carbocycles. The van der Waals surface area contributed by atoms with Gasteiger partial charge in [-0.15, -0.1) is 0 Å². The minimum atomic E-state index is -0.105. The Balaban J connectivity index is 2.15. The minimum Gasteiger partial charge on any atom is -0.362 e. The van der Waals surface area contributed by atoms with Crippen LogP contribution in [0.5, 0.6) is 0 Å². The van der Waals surface area contributed by atoms with Gasteiger partial charge < -0.3 is 9.84 Å². The van der Waals surface area contributed by atoms with Gasteiger partial charge in [-0.2, -0.15) is 4.98 Å². The van der Waals surface area contributed by atoms with E-state index < -0.39 is 0 Å². The van der Waals surface area contributed by atoms with Crippen LogP contribution in [0.2, 0.25) is 0 Å². The summed E-state index contributed by atoms with van der Waals surface area (Å²) in [6.07, 6.45) is 1.30. The summed E-state index contributed by atoms with van der Waals surface area (Å²) < 4.78 is 5.41. The Hall–Kier alpha value is -1.50. The molecule has 0 radical (unpaired) electrons. The Morgan fingerprint density at radius 3 is 2.72 bits per heavy atom. The molecule has 0 saturated heterocycles. The number of aromatic nitrogens is 4. The molecule has 0 amide bonds. The number of anilines is 1. The molecule has 0 bridgehead atoms. The average molecular weight is 312 g/mol. The summed E-state index contributed by atoms with van der Waals surface area (Å²) >= 11 is 3.38. The van der Waals surface area contributed by atoms with Crippen LogP contribution in [-0.4, -0.2) is 20.1 Å². The molecule has 2 aromatic heterocycles. The van der Waals surface area contributed by atoms with Gasteiger partial charge in [-0.3, -0.25) is 0 Å². The molecule has 2 heterocycles. The molecule has 6 nitrogen and oxygen atoms in total. The van der Waals surface area contributed by atoms with Gasteiger partial charge in [0.1, 0.15) is 16.2 Å². The van der Waals surface area contributed by atoms with Crippen molar-refractivity contribution in [3.8, 4) is 0 Å². The highest BCUT2D eigenvalue weighted by molar-refractivity contribution is 9.10. The van der Waals surface area contributed by atoms with E-state index in [4.69, 9.17) is 0 Å². The molecule has 0 aromatic carbocycles. The molecular formula is C11H14BrN5O. The fraction of sp³-hybridized carbons (Fsp3) is 0.455. The molecule has 96 valence electrons. The Morgan fingerprint density at radius 2 is 2.11 bits per heavy atom. The summed E-state index contributed by atoms with van der Waals surface area (Å²) in [4.78, 5) is 12.8. The summed E-state index contributed by atoms with van der Waals surface area (Å²) in [7, 11) is 0. The third-order valence-electron chi connectivity index (χ3n) is 2.20. The lowest BCUT2D eigenvalue weighted by atomic mass is 9.96. The van der Waals surface area contributed by atoms with Gasteiger partial charge in [0.2, 0.25) is 6.39 Å². The van der Waals surface area contributed by atoms with E-state index in [0.717, 1.165) is 16.2 Å². The van der Waals surface area contributed by atoms with Crippen LogP contribution in [-0.2, 0) is 12.0 Å². The minimum absolute atomic E-state index is 0.105. The monoisotopic (exact) mass is 311 g/mol. The van der Waals surface area contributed by atoms with Gasteiger partial charge in [-0.25, -0.2) is 9.97 Å². The first-order chi connectivity index (χ1) is 8.45. The van der Waals surface area contributed by atoms with Crippen LogP contribution in [0.1, 0.15) is 32.4 Å². The molecule has 0 atom stereocenters. The van der Waals surface area contributed by atoms with E-state index in [2.05, 4.69) is 66.6 Å². The SMILES string of the molecule is CC(C)(C)c1nc(Br)cc(NCc2ncon2)n1. The van der Waals surface area contributed by atoms with Crippen LogP contribution in [0.3, 0.4) is 0 Å². The van der Waals surface area contributed by atoms with Gasteiger partial charge in [0.05, 0.1) is 6.54 Å². The van der Waals surface area contributed by atoms with Crippen LogP contribution in [0.25, 0.3) is 0 Å². The van der Waals surface area contributed by atoms with Crippen molar-refractivity contribution >= 4 is 21.7 Å². The van der Waals surface area contributed by atoms with E-state index in [1.165, 1.54) is 6.39 Å². The zero-order chi connectivity index (χ0) is 13.2. The number of hydrogen-bond acceptors (Lipinski definition) is 6. The number of hydrogen-bond donors (Lipinski definition) is 1. The number of rotatable bonds is 3. The molecule has 0 aliphatic heterocycles. The van der Waals surface area contributed by atoms with E-state index in [1.54, 1.807) is 0 Å².